The van der Waals surface area contributed by atoms with E-state index in [-0.39, 0.29) is 17.5 Å². The van der Waals surface area contributed by atoms with E-state index in [2.05, 4.69) is 5.32 Å². The molecule has 0 saturated heterocycles. The van der Waals surface area contributed by atoms with Crippen LogP contribution >= 0.6 is 0 Å². The van der Waals surface area contributed by atoms with E-state index < -0.39 is 17.0 Å². The van der Waals surface area contributed by atoms with Gasteiger partial charge in [0.1, 0.15) is 0 Å². The first-order chi connectivity index (χ1) is 9.31. The summed E-state index contributed by atoms with van der Waals surface area (Å²) in [5.41, 5.74) is 0.545. The Kier molecular flexibility index (Phi) is 5.45. The Morgan fingerprint density at radius 2 is 2.10 bits per heavy atom. The third-order valence-corrected chi connectivity index (χ3v) is 2.59. The number of nitrogens with one attached hydrogen (secondary N) is 1. The fourth-order valence-corrected chi connectivity index (χ4v) is 1.48. The zero-order valence-corrected chi connectivity index (χ0v) is 11.6. The third-order valence-electron chi connectivity index (χ3n) is 2.59. The molecule has 1 rings (SSSR count). The Morgan fingerprint density at radius 1 is 1.45 bits per heavy atom. The number of hydrogen-bond donors (Lipinski definition) is 2. The molecule has 2 N–H and O–H groups in total. The summed E-state index contributed by atoms with van der Waals surface area (Å²) in [6.45, 7) is 5.81. The quantitative estimate of drug-likeness (QED) is 0.585. The number of ether oxygens (including phenoxy) is 1. The highest BCUT2D eigenvalue weighted by Crippen LogP contribution is 2.29. The maximum Gasteiger partial charge on any atom is 0.344 e. The highest BCUT2D eigenvalue weighted by Gasteiger charge is 2.21. The van der Waals surface area contributed by atoms with E-state index in [0.29, 0.717) is 6.54 Å². The summed E-state index contributed by atoms with van der Waals surface area (Å²) in [5, 5.41) is 22.9. The zero-order valence-electron chi connectivity index (χ0n) is 11.6. The van der Waals surface area contributed by atoms with Crippen LogP contribution in [0.15, 0.2) is 18.2 Å². The van der Waals surface area contributed by atoms with Crippen LogP contribution in [0.3, 0.4) is 0 Å². The van der Waals surface area contributed by atoms with Gasteiger partial charge >= 0.3 is 11.7 Å². The molecule has 0 saturated carbocycles. The predicted octanol–water partition coefficient (Wildman–Crippen LogP) is 1.94. The lowest BCUT2D eigenvalue weighted by molar-refractivity contribution is -0.386. The number of nitro benzene ring substituents is 1. The number of carboxylic acids is 1. The van der Waals surface area contributed by atoms with Gasteiger partial charge in [-0.3, -0.25) is 10.1 Å². The lowest BCUT2D eigenvalue weighted by Gasteiger charge is -2.13. The molecule has 0 bridgehead atoms. The van der Waals surface area contributed by atoms with Gasteiger partial charge in [0, 0.05) is 18.7 Å². The number of carboxylic acid groups (broad SMARTS) is 1. The van der Waals surface area contributed by atoms with Gasteiger partial charge in [-0.1, -0.05) is 19.9 Å². The fraction of sp³-hybridized carbons (Fsp3) is 0.462. The van der Waals surface area contributed by atoms with E-state index in [9.17, 15) is 14.9 Å². The van der Waals surface area contributed by atoms with Crippen LogP contribution in [0.2, 0.25) is 0 Å². The van der Waals surface area contributed by atoms with Crippen molar-refractivity contribution in [1.29, 1.82) is 0 Å². The Labute approximate surface area is 116 Å². The molecule has 0 aliphatic carbocycles. The van der Waals surface area contributed by atoms with Crippen LogP contribution in [0.1, 0.15) is 26.3 Å². The first-order valence-corrected chi connectivity index (χ1v) is 6.21. The largest absolute Gasteiger partial charge is 0.479 e. The number of hydrogen-bond acceptors (Lipinski definition) is 5. The molecule has 20 heavy (non-hydrogen) atoms. The van der Waals surface area contributed by atoms with Crippen molar-refractivity contribution < 1.29 is 19.6 Å². The highest BCUT2D eigenvalue weighted by molar-refractivity contribution is 5.72. The van der Waals surface area contributed by atoms with Gasteiger partial charge in [0.2, 0.25) is 0 Å². The van der Waals surface area contributed by atoms with Gasteiger partial charge in [-0.05, 0) is 18.6 Å². The number of rotatable bonds is 7. The number of aliphatic carboxylic acids is 1. The Morgan fingerprint density at radius 3 is 2.60 bits per heavy atom. The third kappa shape index (κ3) is 4.51. The van der Waals surface area contributed by atoms with Crippen molar-refractivity contribution in [3.8, 4) is 5.75 Å². The molecule has 1 aromatic carbocycles. The van der Waals surface area contributed by atoms with Gasteiger partial charge in [-0.15, -0.1) is 0 Å². The van der Waals surface area contributed by atoms with Crippen molar-refractivity contribution in [3.05, 3.63) is 33.9 Å². The minimum absolute atomic E-state index is 0.0343. The van der Waals surface area contributed by atoms with Crippen LogP contribution in [0.25, 0.3) is 0 Å². The first-order valence-electron chi connectivity index (χ1n) is 6.21. The monoisotopic (exact) mass is 282 g/mol. The van der Waals surface area contributed by atoms with Crippen LogP contribution in [0.5, 0.6) is 5.75 Å². The molecule has 0 radical (unpaired) electrons. The van der Waals surface area contributed by atoms with Gasteiger partial charge in [0.25, 0.3) is 0 Å². The summed E-state index contributed by atoms with van der Waals surface area (Å²) >= 11 is 0. The summed E-state index contributed by atoms with van der Waals surface area (Å²) in [5.74, 6) is -1.21. The van der Waals surface area contributed by atoms with Gasteiger partial charge in [-0.25, -0.2) is 4.79 Å². The van der Waals surface area contributed by atoms with E-state index in [1.165, 1.54) is 19.1 Å². The van der Waals surface area contributed by atoms with Crippen LogP contribution in [0, 0.1) is 10.1 Å². The van der Waals surface area contributed by atoms with Crippen molar-refractivity contribution in [3.63, 3.8) is 0 Å². The topological polar surface area (TPSA) is 102 Å². The molecule has 110 valence electrons. The Balaban J connectivity index is 2.99. The van der Waals surface area contributed by atoms with E-state index in [4.69, 9.17) is 9.84 Å². The van der Waals surface area contributed by atoms with Crippen LogP contribution in [-0.2, 0) is 11.3 Å². The summed E-state index contributed by atoms with van der Waals surface area (Å²) in [6, 6.07) is 4.70. The second-order valence-electron chi connectivity index (χ2n) is 4.69. The summed E-state index contributed by atoms with van der Waals surface area (Å²) in [4.78, 5) is 21.1. The normalized spacial score (nSPS) is 12.2. The SMILES string of the molecule is CC(C)NCc1ccc([N+](=O)[O-])c(OC(C)C(=O)O)c1. The highest BCUT2D eigenvalue weighted by atomic mass is 16.6. The fourth-order valence-electron chi connectivity index (χ4n) is 1.48. The molecule has 7 heteroatoms. The molecule has 0 heterocycles. The molecule has 1 atom stereocenters. The number of nitrogens with zero attached hydrogens (tertiary/aromatic N) is 1. The second-order valence-corrected chi connectivity index (χ2v) is 4.69. The van der Waals surface area contributed by atoms with Crippen molar-refractivity contribution in [2.75, 3.05) is 0 Å². The van der Waals surface area contributed by atoms with Crippen LogP contribution in [0.4, 0.5) is 5.69 Å². The Hall–Kier alpha value is -2.15. The van der Waals surface area contributed by atoms with Crippen molar-refractivity contribution in [2.24, 2.45) is 0 Å². The van der Waals surface area contributed by atoms with Crippen molar-refractivity contribution >= 4 is 11.7 Å². The Bertz CT molecular complexity index is 502. The molecule has 0 fully saturated rings. The van der Waals surface area contributed by atoms with Crippen molar-refractivity contribution in [2.45, 2.75) is 39.5 Å². The molecule has 1 unspecified atom stereocenters. The molecule has 1 aromatic rings. The van der Waals surface area contributed by atoms with E-state index in [1.54, 1.807) is 6.07 Å². The standard InChI is InChI=1S/C13H18N2O5/c1-8(2)14-7-10-4-5-11(15(18)19)12(6-10)20-9(3)13(16)17/h4-6,8-9,14H,7H2,1-3H3,(H,16,17). The number of benzene rings is 1. The summed E-state index contributed by atoms with van der Waals surface area (Å²) < 4.78 is 5.15. The molecule has 7 nitrogen and oxygen atoms in total. The minimum atomic E-state index is -1.18. The molecular formula is C13H18N2O5. The molecule has 0 aliphatic rings. The second kappa shape index (κ2) is 6.85. The molecule has 0 amide bonds. The molecule has 0 spiro atoms. The lowest BCUT2D eigenvalue weighted by atomic mass is 10.1. The van der Waals surface area contributed by atoms with Gasteiger partial charge in [0.05, 0.1) is 4.92 Å². The summed E-state index contributed by atoms with van der Waals surface area (Å²) in [7, 11) is 0. The lowest BCUT2D eigenvalue weighted by Crippen LogP contribution is -2.24. The number of carbonyl (C=O) groups is 1. The zero-order chi connectivity index (χ0) is 15.3. The first kappa shape index (κ1) is 15.9. The van der Waals surface area contributed by atoms with Crippen LogP contribution < -0.4 is 10.1 Å². The predicted molar refractivity (Wildman–Crippen MR) is 72.8 cm³/mol. The van der Waals surface area contributed by atoms with Gasteiger partial charge < -0.3 is 15.2 Å². The smallest absolute Gasteiger partial charge is 0.344 e. The molecular weight excluding hydrogens is 264 g/mol. The van der Waals surface area contributed by atoms with Gasteiger partial charge in [-0.2, -0.15) is 0 Å². The molecule has 0 aliphatic heterocycles. The van der Waals surface area contributed by atoms with Crippen LogP contribution in [-0.4, -0.2) is 28.1 Å². The maximum atomic E-state index is 10.9. The van der Waals surface area contributed by atoms with Gasteiger partial charge in [0.15, 0.2) is 11.9 Å². The minimum Gasteiger partial charge on any atom is -0.479 e. The molecule has 0 aromatic heterocycles. The average molecular weight is 282 g/mol. The van der Waals surface area contributed by atoms with Crippen molar-refractivity contribution in [1.82, 2.24) is 5.32 Å². The summed E-state index contributed by atoms with van der Waals surface area (Å²) in [6.07, 6.45) is -1.15. The average Bonchev–Trinajstić information content (AvgIpc) is 2.35. The maximum absolute atomic E-state index is 10.9. The van der Waals surface area contributed by atoms with E-state index in [1.807, 2.05) is 13.8 Å². The number of nitro groups is 1. The van der Waals surface area contributed by atoms with E-state index >= 15 is 0 Å². The van der Waals surface area contributed by atoms with E-state index in [0.717, 1.165) is 5.56 Å².